The molecule has 0 fully saturated rings. The second kappa shape index (κ2) is 7.14. The molecule has 10 heteroatoms. The predicted molar refractivity (Wildman–Crippen MR) is 85.8 cm³/mol. The van der Waals surface area contributed by atoms with Crippen LogP contribution >= 0.6 is 0 Å². The zero-order valence-electron chi connectivity index (χ0n) is 14.5. The van der Waals surface area contributed by atoms with Crippen molar-refractivity contribution in [3.05, 3.63) is 22.8 Å². The smallest absolute Gasteiger partial charge is 0.425 e. The largest absolute Gasteiger partial charge is 0.443 e. The van der Waals surface area contributed by atoms with E-state index in [0.29, 0.717) is 4.90 Å². The van der Waals surface area contributed by atoms with Crippen LogP contribution in [0.2, 0.25) is 0 Å². The third kappa shape index (κ3) is 6.09. The monoisotopic (exact) mass is 336 g/mol. The first kappa shape index (κ1) is 19.2. The van der Waals surface area contributed by atoms with E-state index >= 15 is 0 Å². The van der Waals surface area contributed by atoms with Crippen molar-refractivity contribution < 1.29 is 19.1 Å². The van der Waals surface area contributed by atoms with Gasteiger partial charge in [0.05, 0.1) is 0 Å². The highest BCUT2D eigenvalue weighted by atomic mass is 16.6. The van der Waals surface area contributed by atoms with Gasteiger partial charge in [-0.2, -0.15) is 4.90 Å². The normalized spacial score (nSPS) is 11.2. The summed E-state index contributed by atoms with van der Waals surface area (Å²) in [5, 5.41) is 3.32. The Kier molecular flexibility index (Phi) is 5.70. The summed E-state index contributed by atoms with van der Waals surface area (Å²) in [5.41, 5.74) is 6.80. The molecule has 130 valence electrons. The Hall–Kier alpha value is -2.87. The van der Waals surface area contributed by atoms with Gasteiger partial charge < -0.3 is 9.47 Å². The zero-order valence-corrected chi connectivity index (χ0v) is 14.5. The maximum Gasteiger partial charge on any atom is 0.425 e. The van der Waals surface area contributed by atoms with Gasteiger partial charge >= 0.3 is 12.2 Å². The quantitative estimate of drug-likeness (QED) is 0.454. The van der Waals surface area contributed by atoms with Gasteiger partial charge in [-0.25, -0.2) is 19.6 Å². The Morgan fingerprint density at radius 1 is 1.08 bits per heavy atom. The lowest BCUT2D eigenvalue weighted by Gasteiger charge is -2.28. The fraction of sp³-hybridized carbons (Fsp3) is 0.571. The number of hydrogen-bond acceptors (Lipinski definition) is 7. The molecule has 0 saturated heterocycles. The molecule has 1 heterocycles. The zero-order chi connectivity index (χ0) is 18.5. The van der Waals surface area contributed by atoms with Crippen molar-refractivity contribution in [3.8, 4) is 0 Å². The summed E-state index contributed by atoms with van der Waals surface area (Å²) in [6.07, 6.45) is -0.883. The summed E-state index contributed by atoms with van der Waals surface area (Å²) >= 11 is 0. The Labute approximate surface area is 139 Å². The summed E-state index contributed by atoms with van der Waals surface area (Å²) in [6.45, 7) is 9.94. The number of nitrogens with zero attached hydrogens (tertiary/aromatic N) is 6. The number of amides is 2. The highest BCUT2D eigenvalue weighted by molar-refractivity contribution is 6.08. The summed E-state index contributed by atoms with van der Waals surface area (Å²) in [5.74, 6) is -0.185. The minimum absolute atomic E-state index is 0.0559. The van der Waals surface area contributed by atoms with E-state index in [9.17, 15) is 9.59 Å². The molecule has 0 bridgehead atoms. The molecule has 0 radical (unpaired) electrons. The molecule has 0 aromatic carbocycles. The van der Waals surface area contributed by atoms with Crippen LogP contribution < -0.4 is 4.90 Å². The molecule has 10 nitrogen and oxygen atoms in total. The Morgan fingerprint density at radius 3 is 2.00 bits per heavy atom. The number of anilines is 1. The number of carbonyl (C=O) groups is 2. The molecule has 24 heavy (non-hydrogen) atoms. The number of imide groups is 1. The standard InChI is InChI=1S/C14H20N6O4/c1-13(2,3)23-11(21)20(12(22)24-14(4,5)6)10-7-9(18-19-15)16-8-17-10/h7-8H,1-6H3. The SMILES string of the molecule is CC(C)(C)OC(=O)N(C(=O)OC(C)(C)C)c1cc(N=[N+]=[N-])ncn1. The van der Waals surface area contributed by atoms with Crippen LogP contribution in [-0.4, -0.2) is 33.4 Å². The number of carbonyl (C=O) groups excluding carboxylic acids is 2. The van der Waals surface area contributed by atoms with Gasteiger partial charge in [0.25, 0.3) is 0 Å². The molecular formula is C14H20N6O4. The molecule has 2 amide bonds. The molecule has 0 aliphatic heterocycles. The second-order valence-electron chi connectivity index (χ2n) is 6.72. The average Bonchev–Trinajstić information content (AvgIpc) is 2.35. The molecule has 1 aromatic heterocycles. The molecule has 1 rings (SSSR count). The third-order valence-corrected chi connectivity index (χ3v) is 2.17. The van der Waals surface area contributed by atoms with Crippen molar-refractivity contribution in [2.75, 3.05) is 4.90 Å². The van der Waals surface area contributed by atoms with E-state index in [-0.39, 0.29) is 11.6 Å². The van der Waals surface area contributed by atoms with Crippen LogP contribution in [0.5, 0.6) is 0 Å². The van der Waals surface area contributed by atoms with E-state index in [4.69, 9.17) is 15.0 Å². The van der Waals surface area contributed by atoms with Gasteiger partial charge in [0, 0.05) is 11.0 Å². The number of azide groups is 1. The van der Waals surface area contributed by atoms with Crippen LogP contribution in [0.3, 0.4) is 0 Å². The van der Waals surface area contributed by atoms with Gasteiger partial charge in [-0.15, -0.1) is 0 Å². The van der Waals surface area contributed by atoms with Gasteiger partial charge in [-0.05, 0) is 52.2 Å². The van der Waals surface area contributed by atoms with E-state index in [2.05, 4.69) is 20.0 Å². The lowest BCUT2D eigenvalue weighted by Crippen LogP contribution is -2.44. The second-order valence-corrected chi connectivity index (χ2v) is 6.72. The molecule has 0 N–H and O–H groups in total. The van der Waals surface area contributed by atoms with Gasteiger partial charge in [0.2, 0.25) is 0 Å². The molecule has 0 unspecified atom stereocenters. The van der Waals surface area contributed by atoms with Gasteiger partial charge in [-0.3, -0.25) is 0 Å². The average molecular weight is 336 g/mol. The van der Waals surface area contributed by atoms with Crippen molar-refractivity contribution in [1.82, 2.24) is 9.97 Å². The molecule has 0 saturated carbocycles. The molecule has 0 spiro atoms. The number of rotatable bonds is 2. The minimum atomic E-state index is -0.970. The molecular weight excluding hydrogens is 316 g/mol. The molecule has 1 aromatic rings. The van der Waals surface area contributed by atoms with E-state index in [1.807, 2.05) is 0 Å². The van der Waals surface area contributed by atoms with Crippen LogP contribution in [0, 0.1) is 0 Å². The van der Waals surface area contributed by atoms with Crippen LogP contribution in [0.25, 0.3) is 10.4 Å². The van der Waals surface area contributed by atoms with Crippen molar-refractivity contribution >= 4 is 23.8 Å². The van der Waals surface area contributed by atoms with E-state index < -0.39 is 23.4 Å². The van der Waals surface area contributed by atoms with Crippen LogP contribution in [-0.2, 0) is 9.47 Å². The Morgan fingerprint density at radius 2 is 1.58 bits per heavy atom. The molecule has 0 atom stereocenters. The first-order chi connectivity index (χ1) is 10.9. The molecule has 0 aliphatic carbocycles. The first-order valence-electron chi connectivity index (χ1n) is 7.06. The highest BCUT2D eigenvalue weighted by Crippen LogP contribution is 2.22. The number of aromatic nitrogens is 2. The van der Waals surface area contributed by atoms with E-state index in [0.717, 1.165) is 6.33 Å². The molecule has 0 aliphatic rings. The predicted octanol–water partition coefficient (Wildman–Crippen LogP) is 4.10. The maximum absolute atomic E-state index is 12.4. The summed E-state index contributed by atoms with van der Waals surface area (Å²) < 4.78 is 10.4. The van der Waals surface area contributed by atoms with Gasteiger partial charge in [-0.1, -0.05) is 0 Å². The first-order valence-corrected chi connectivity index (χ1v) is 7.06. The fourth-order valence-corrected chi connectivity index (χ4v) is 1.44. The minimum Gasteiger partial charge on any atom is -0.443 e. The maximum atomic E-state index is 12.4. The third-order valence-electron chi connectivity index (χ3n) is 2.17. The highest BCUT2D eigenvalue weighted by Gasteiger charge is 2.33. The van der Waals surface area contributed by atoms with Crippen molar-refractivity contribution in [2.24, 2.45) is 5.11 Å². The topological polar surface area (TPSA) is 130 Å². The lowest BCUT2D eigenvalue weighted by atomic mass is 10.2. The Balaban J connectivity index is 3.27. The van der Waals surface area contributed by atoms with Crippen LogP contribution in [0.15, 0.2) is 17.5 Å². The van der Waals surface area contributed by atoms with Gasteiger partial charge in [0.15, 0.2) is 5.82 Å². The van der Waals surface area contributed by atoms with Gasteiger partial charge in [0.1, 0.15) is 23.3 Å². The summed E-state index contributed by atoms with van der Waals surface area (Å²) in [6, 6.07) is 1.17. The van der Waals surface area contributed by atoms with Crippen molar-refractivity contribution in [1.29, 1.82) is 0 Å². The number of ether oxygens (including phenoxy) is 2. The van der Waals surface area contributed by atoms with Crippen LogP contribution in [0.4, 0.5) is 21.2 Å². The van der Waals surface area contributed by atoms with Crippen LogP contribution in [0.1, 0.15) is 41.5 Å². The number of hydrogen-bond donors (Lipinski definition) is 0. The van der Waals surface area contributed by atoms with Crippen molar-refractivity contribution in [2.45, 2.75) is 52.7 Å². The van der Waals surface area contributed by atoms with E-state index in [1.54, 1.807) is 41.5 Å². The Bertz CT molecular complexity index is 643. The fourth-order valence-electron chi connectivity index (χ4n) is 1.44. The summed E-state index contributed by atoms with van der Waals surface area (Å²) in [7, 11) is 0. The van der Waals surface area contributed by atoms with Crippen molar-refractivity contribution in [3.63, 3.8) is 0 Å². The lowest BCUT2D eigenvalue weighted by molar-refractivity contribution is 0.0429. The summed E-state index contributed by atoms with van der Waals surface area (Å²) in [4.78, 5) is 35.6. The van der Waals surface area contributed by atoms with E-state index in [1.165, 1.54) is 6.07 Å².